The number of aromatic nitrogens is 4. The first-order valence-corrected chi connectivity index (χ1v) is 14.9. The van der Waals surface area contributed by atoms with Crippen molar-refractivity contribution in [2.45, 2.75) is 20.8 Å². The van der Waals surface area contributed by atoms with Crippen molar-refractivity contribution >= 4 is 49.1 Å². The van der Waals surface area contributed by atoms with E-state index in [2.05, 4.69) is 144 Å². The summed E-state index contributed by atoms with van der Waals surface area (Å²) in [6, 6.07) is 42.6. The van der Waals surface area contributed by atoms with Gasteiger partial charge in [-0.25, -0.2) is 0 Å². The first-order chi connectivity index (χ1) is 21.5. The molecule has 4 heterocycles. The van der Waals surface area contributed by atoms with Gasteiger partial charge >= 0.3 is 20.1 Å². The number of para-hydroxylation sites is 3. The van der Waals surface area contributed by atoms with Crippen LogP contribution in [0.5, 0.6) is 0 Å². The predicted octanol–water partition coefficient (Wildman–Crippen LogP) is 8.68. The number of hydrogen-bond donors (Lipinski definition) is 0. The van der Waals surface area contributed by atoms with Gasteiger partial charge in [-0.3, -0.25) is 0 Å². The van der Waals surface area contributed by atoms with Gasteiger partial charge in [0.15, 0.2) is 0 Å². The van der Waals surface area contributed by atoms with Crippen molar-refractivity contribution in [1.82, 2.24) is 14.0 Å². The van der Waals surface area contributed by atoms with E-state index in [9.17, 15) is 0 Å². The van der Waals surface area contributed by atoms with Crippen molar-refractivity contribution in [1.29, 1.82) is 0 Å². The van der Waals surface area contributed by atoms with Gasteiger partial charge in [0.25, 0.3) is 0 Å². The topological polar surface area (TPSA) is 26.1 Å². The normalized spacial score (nSPS) is 11.4. The van der Waals surface area contributed by atoms with Crippen LogP contribution in [-0.2, 0) is 27.2 Å². The Kier molecular flexibility index (Phi) is 7.24. The molecule has 45 heavy (non-hydrogen) atoms. The molecule has 0 fully saturated rings. The second-order valence-electron chi connectivity index (χ2n) is 11.6. The molecule has 5 aromatic carbocycles. The molecule has 0 bridgehead atoms. The number of benzene rings is 5. The van der Waals surface area contributed by atoms with E-state index in [0.717, 1.165) is 22.5 Å². The van der Waals surface area contributed by atoms with Crippen molar-refractivity contribution in [2.24, 2.45) is 7.05 Å². The molecule has 4 aromatic heterocycles. The average molecular weight is 759 g/mol. The molecule has 0 amide bonds. The molecule has 4 nitrogen and oxygen atoms in total. The summed E-state index contributed by atoms with van der Waals surface area (Å²) in [5, 5.41) is 5.14. The van der Waals surface area contributed by atoms with Crippen LogP contribution in [0.25, 0.3) is 66.1 Å². The van der Waals surface area contributed by atoms with Crippen molar-refractivity contribution in [3.05, 3.63) is 144 Å². The Morgan fingerprint density at radius 1 is 0.711 bits per heavy atom. The number of aryl methyl sites for hydroxylation is 4. The van der Waals surface area contributed by atoms with E-state index < -0.39 is 0 Å². The smallest absolute Gasteiger partial charge is 0.342 e. The van der Waals surface area contributed by atoms with E-state index in [1.165, 1.54) is 60.3 Å². The summed E-state index contributed by atoms with van der Waals surface area (Å²) in [5.74, 6) is 0. The molecular weight excluding hydrogens is 729 g/mol. The van der Waals surface area contributed by atoms with Gasteiger partial charge in [0.2, 0.25) is 6.33 Å². The number of rotatable bonds is 2. The van der Waals surface area contributed by atoms with Crippen LogP contribution in [0.3, 0.4) is 0 Å². The Bertz CT molecular complexity index is 2470. The van der Waals surface area contributed by atoms with Gasteiger partial charge in [0, 0.05) is 27.7 Å². The Labute approximate surface area is 275 Å². The molecule has 0 saturated carbocycles. The Hall–Kier alpha value is -4.83. The SMILES string of the molecule is C[n+]1[c-]n(-c2[c-]cccc2)c2cc3c4ccccc4n4c5ccccc5c(c34)c21.Cc1c[c-]c(-c2cc(C)c(C)cn2)cc1.[Ir+3]. The zero-order chi connectivity index (χ0) is 29.9. The molecule has 0 aliphatic heterocycles. The third kappa shape index (κ3) is 4.62. The van der Waals surface area contributed by atoms with E-state index in [1.54, 1.807) is 0 Å². The van der Waals surface area contributed by atoms with Gasteiger partial charge in [0.05, 0.1) is 34.6 Å². The molecule has 218 valence electrons. The zero-order valence-electron chi connectivity index (χ0n) is 25.5. The second kappa shape index (κ2) is 11.3. The Morgan fingerprint density at radius 3 is 2.16 bits per heavy atom. The van der Waals surface area contributed by atoms with Crippen molar-refractivity contribution in [2.75, 3.05) is 0 Å². The zero-order valence-corrected chi connectivity index (χ0v) is 27.9. The summed E-state index contributed by atoms with van der Waals surface area (Å²) in [6.07, 6.45) is 5.42. The van der Waals surface area contributed by atoms with Crippen LogP contribution in [0.2, 0.25) is 0 Å². The molecule has 9 rings (SSSR count). The molecule has 5 heteroatoms. The van der Waals surface area contributed by atoms with E-state index in [0.29, 0.717) is 0 Å². The second-order valence-corrected chi connectivity index (χ2v) is 11.6. The first-order valence-electron chi connectivity index (χ1n) is 14.9. The van der Waals surface area contributed by atoms with E-state index >= 15 is 0 Å². The molecule has 9 aromatic rings. The summed E-state index contributed by atoms with van der Waals surface area (Å²) in [5.41, 5.74) is 12.9. The maximum absolute atomic E-state index is 4.41. The Balaban J connectivity index is 0.000000173. The maximum atomic E-state index is 4.41. The minimum atomic E-state index is 0. The van der Waals surface area contributed by atoms with Crippen LogP contribution in [-0.4, -0.2) is 14.0 Å². The number of nitrogens with zero attached hydrogens (tertiary/aromatic N) is 4. The van der Waals surface area contributed by atoms with Gasteiger partial charge in [-0.05, 0) is 37.2 Å². The van der Waals surface area contributed by atoms with E-state index in [-0.39, 0.29) is 20.1 Å². The predicted molar refractivity (Wildman–Crippen MR) is 180 cm³/mol. The number of fused-ring (bicyclic) bond motifs is 8. The molecule has 0 radical (unpaired) electrons. The quantitative estimate of drug-likeness (QED) is 0.128. The number of pyridine rings is 1. The Morgan fingerprint density at radius 2 is 1.44 bits per heavy atom. The van der Waals surface area contributed by atoms with Gasteiger partial charge in [0.1, 0.15) is 0 Å². The van der Waals surface area contributed by atoms with Crippen LogP contribution in [0, 0.1) is 39.2 Å². The summed E-state index contributed by atoms with van der Waals surface area (Å²) < 4.78 is 6.66. The molecule has 0 N–H and O–H groups in total. The minimum Gasteiger partial charge on any atom is -0.342 e. The third-order valence-electron chi connectivity index (χ3n) is 8.70. The van der Waals surface area contributed by atoms with Gasteiger partial charge in [-0.1, -0.05) is 66.7 Å². The largest absolute Gasteiger partial charge is 3.00 e. The molecule has 0 aliphatic rings. The fourth-order valence-corrected chi connectivity index (χ4v) is 6.39. The summed E-state index contributed by atoms with van der Waals surface area (Å²) >= 11 is 0. The van der Waals surface area contributed by atoms with Crippen LogP contribution in [0.15, 0.2) is 109 Å². The summed E-state index contributed by atoms with van der Waals surface area (Å²) in [4.78, 5) is 4.41. The molecule has 0 aliphatic carbocycles. The molecule has 0 atom stereocenters. The maximum Gasteiger partial charge on any atom is 3.00 e. The van der Waals surface area contributed by atoms with Crippen molar-refractivity contribution in [3.8, 4) is 16.9 Å². The van der Waals surface area contributed by atoms with Gasteiger partial charge < -0.3 is 18.5 Å². The van der Waals surface area contributed by atoms with Crippen LogP contribution in [0.4, 0.5) is 0 Å². The first kappa shape index (κ1) is 28.9. The molecule has 0 spiro atoms. The minimum absolute atomic E-state index is 0. The van der Waals surface area contributed by atoms with Gasteiger partial charge in [-0.2, -0.15) is 30.3 Å². The van der Waals surface area contributed by atoms with Crippen molar-refractivity contribution < 1.29 is 24.7 Å². The van der Waals surface area contributed by atoms with Crippen molar-refractivity contribution in [3.63, 3.8) is 0 Å². The standard InChI is InChI=1S/C26H16N3.C14H14N.Ir/c1-27-16-28(17-9-3-2-4-10-17)23-15-20-18-11-5-7-13-21(18)29-22-14-8-6-12-19(22)24(25(20)29)26(23)27;1-10-4-6-13(7-5-10)14-8-11(2)12(3)9-15-14;/h2-9,11-15H,1H3;4-6,8-9H,1-3H3;/q2*-1;+3. The fourth-order valence-electron chi connectivity index (χ4n) is 6.39. The summed E-state index contributed by atoms with van der Waals surface area (Å²) in [7, 11) is 2.08. The van der Waals surface area contributed by atoms with Crippen LogP contribution >= 0.6 is 0 Å². The van der Waals surface area contributed by atoms with Crippen LogP contribution in [0.1, 0.15) is 16.7 Å². The monoisotopic (exact) mass is 759 g/mol. The summed E-state index contributed by atoms with van der Waals surface area (Å²) in [6.45, 7) is 6.24. The van der Waals surface area contributed by atoms with E-state index in [4.69, 9.17) is 0 Å². The fraction of sp³-hybridized carbons (Fsp3) is 0.100. The number of hydrogen-bond acceptors (Lipinski definition) is 1. The molecule has 0 unspecified atom stereocenters. The molecular formula is C40H30IrN4+. The third-order valence-corrected chi connectivity index (χ3v) is 8.70. The average Bonchev–Trinajstić information content (AvgIpc) is 3.69. The molecule has 0 saturated heterocycles. The van der Waals surface area contributed by atoms with Crippen LogP contribution < -0.4 is 4.57 Å². The van der Waals surface area contributed by atoms with Gasteiger partial charge in [-0.15, -0.1) is 35.4 Å². The number of imidazole rings is 1. The van der Waals surface area contributed by atoms with E-state index in [1.807, 2.05) is 30.5 Å².